The van der Waals surface area contributed by atoms with Gasteiger partial charge in [-0.15, -0.1) is 0 Å². The maximum absolute atomic E-state index is 14.2. The quantitative estimate of drug-likeness (QED) is 0.874. The highest BCUT2D eigenvalue weighted by molar-refractivity contribution is 5.40. The van der Waals surface area contributed by atoms with Gasteiger partial charge in [-0.3, -0.25) is 0 Å². The van der Waals surface area contributed by atoms with Gasteiger partial charge in [-0.2, -0.15) is 0 Å². The van der Waals surface area contributed by atoms with E-state index in [1.165, 1.54) is 6.07 Å². The molecule has 1 aromatic heterocycles. The van der Waals surface area contributed by atoms with Gasteiger partial charge in [-0.1, -0.05) is 19.9 Å². The van der Waals surface area contributed by atoms with Gasteiger partial charge in [0.15, 0.2) is 0 Å². The Balaban J connectivity index is 2.47. The van der Waals surface area contributed by atoms with E-state index in [4.69, 9.17) is 9.15 Å². The zero-order chi connectivity index (χ0) is 14.5. The topological polar surface area (TPSA) is 34.4 Å². The smallest absolute Gasteiger partial charge is 0.132 e. The third-order valence-electron chi connectivity index (χ3n) is 3.25. The number of nitrogens with one attached hydrogen (secondary N) is 1. The number of hydrogen-bond donors (Lipinski definition) is 1. The van der Waals surface area contributed by atoms with E-state index in [0.29, 0.717) is 23.6 Å². The highest BCUT2D eigenvalue weighted by Gasteiger charge is 2.24. The van der Waals surface area contributed by atoms with E-state index >= 15 is 0 Å². The van der Waals surface area contributed by atoms with Gasteiger partial charge in [0.1, 0.15) is 23.1 Å². The van der Waals surface area contributed by atoms with Gasteiger partial charge in [0.25, 0.3) is 0 Å². The molecule has 0 aliphatic heterocycles. The van der Waals surface area contributed by atoms with Gasteiger partial charge >= 0.3 is 0 Å². The van der Waals surface area contributed by atoms with E-state index in [0.717, 1.165) is 12.2 Å². The maximum Gasteiger partial charge on any atom is 0.132 e. The molecule has 2 aromatic rings. The molecule has 1 aromatic carbocycles. The Bertz CT molecular complexity index is 565. The molecular weight excluding hydrogens is 257 g/mol. The lowest BCUT2D eigenvalue weighted by Gasteiger charge is -2.19. The van der Waals surface area contributed by atoms with E-state index in [9.17, 15) is 4.39 Å². The first-order chi connectivity index (χ1) is 9.71. The van der Waals surface area contributed by atoms with Gasteiger partial charge in [0, 0.05) is 6.42 Å². The minimum atomic E-state index is -0.351. The fourth-order valence-corrected chi connectivity index (χ4v) is 2.26. The second kappa shape index (κ2) is 6.57. The van der Waals surface area contributed by atoms with Crippen LogP contribution in [-0.4, -0.2) is 13.7 Å². The van der Waals surface area contributed by atoms with Crippen molar-refractivity contribution in [3.63, 3.8) is 0 Å². The normalized spacial score (nSPS) is 12.4. The summed E-state index contributed by atoms with van der Waals surface area (Å²) in [6, 6.07) is 8.29. The van der Waals surface area contributed by atoms with Crippen LogP contribution in [0.2, 0.25) is 0 Å². The minimum Gasteiger partial charge on any atom is -0.496 e. The second-order valence-corrected chi connectivity index (χ2v) is 4.50. The molecule has 0 amide bonds. The number of hydrogen-bond acceptors (Lipinski definition) is 3. The lowest BCUT2D eigenvalue weighted by Crippen LogP contribution is -2.23. The van der Waals surface area contributed by atoms with Crippen LogP contribution < -0.4 is 10.1 Å². The lowest BCUT2D eigenvalue weighted by atomic mass is 10.0. The van der Waals surface area contributed by atoms with Gasteiger partial charge in [-0.25, -0.2) is 4.39 Å². The summed E-state index contributed by atoms with van der Waals surface area (Å²) in [5.41, 5.74) is 0.480. The molecule has 0 spiro atoms. The number of aryl methyl sites for hydroxylation is 1. The van der Waals surface area contributed by atoms with Crippen molar-refractivity contribution in [3.8, 4) is 5.75 Å². The number of rotatable bonds is 6. The third kappa shape index (κ3) is 2.85. The van der Waals surface area contributed by atoms with Crippen molar-refractivity contribution in [1.82, 2.24) is 5.32 Å². The van der Waals surface area contributed by atoms with Gasteiger partial charge in [0.05, 0.1) is 18.7 Å². The van der Waals surface area contributed by atoms with Crippen LogP contribution in [0.5, 0.6) is 5.75 Å². The Morgan fingerprint density at radius 1 is 1.25 bits per heavy atom. The Morgan fingerprint density at radius 2 is 2.05 bits per heavy atom. The van der Waals surface area contributed by atoms with E-state index in [-0.39, 0.29) is 11.9 Å². The molecule has 2 rings (SSSR count). The van der Waals surface area contributed by atoms with E-state index in [1.54, 1.807) is 19.2 Å². The number of furan rings is 1. The van der Waals surface area contributed by atoms with Crippen molar-refractivity contribution in [2.75, 3.05) is 13.7 Å². The highest BCUT2D eigenvalue weighted by atomic mass is 19.1. The summed E-state index contributed by atoms with van der Waals surface area (Å²) in [5.74, 6) is 1.81. The fraction of sp³-hybridized carbons (Fsp3) is 0.375. The standard InChI is InChI=1S/C16H20FNO2/c1-4-11-9-10-14(20-11)16(18-5-2)15-12(17)7-6-8-13(15)19-3/h6-10,16,18H,4-5H2,1-3H3. The molecule has 20 heavy (non-hydrogen) atoms. The van der Waals surface area contributed by atoms with Gasteiger partial charge < -0.3 is 14.5 Å². The molecule has 0 aliphatic rings. The van der Waals surface area contributed by atoms with Gasteiger partial charge in [-0.05, 0) is 30.8 Å². The summed E-state index contributed by atoms with van der Waals surface area (Å²) in [4.78, 5) is 0. The van der Waals surface area contributed by atoms with Crippen molar-refractivity contribution < 1.29 is 13.5 Å². The summed E-state index contributed by atoms with van der Waals surface area (Å²) < 4.78 is 25.3. The molecule has 3 nitrogen and oxygen atoms in total. The highest BCUT2D eigenvalue weighted by Crippen LogP contribution is 2.33. The monoisotopic (exact) mass is 277 g/mol. The summed E-state index contributed by atoms with van der Waals surface area (Å²) in [5, 5.41) is 3.25. The summed E-state index contributed by atoms with van der Waals surface area (Å²) >= 11 is 0. The summed E-state index contributed by atoms with van der Waals surface area (Å²) in [6.45, 7) is 4.70. The zero-order valence-electron chi connectivity index (χ0n) is 12.1. The molecule has 0 radical (unpaired) electrons. The van der Waals surface area contributed by atoms with Crippen molar-refractivity contribution in [2.45, 2.75) is 26.3 Å². The van der Waals surface area contributed by atoms with Crippen LogP contribution in [0.3, 0.4) is 0 Å². The van der Waals surface area contributed by atoms with Crippen molar-refractivity contribution in [1.29, 1.82) is 0 Å². The summed E-state index contributed by atoms with van der Waals surface area (Å²) in [7, 11) is 1.54. The molecule has 0 fully saturated rings. The molecular formula is C16H20FNO2. The lowest BCUT2D eigenvalue weighted by molar-refractivity contribution is 0.379. The first-order valence-electron chi connectivity index (χ1n) is 6.85. The number of ether oxygens (including phenoxy) is 1. The largest absolute Gasteiger partial charge is 0.496 e. The average molecular weight is 277 g/mol. The van der Waals surface area contributed by atoms with Gasteiger partial charge in [0.2, 0.25) is 0 Å². The molecule has 1 unspecified atom stereocenters. The summed E-state index contributed by atoms with van der Waals surface area (Å²) in [6.07, 6.45) is 0.813. The predicted octanol–water partition coefficient (Wildman–Crippen LogP) is 3.69. The Kier molecular flexibility index (Phi) is 4.79. The van der Waals surface area contributed by atoms with Crippen LogP contribution in [0.4, 0.5) is 4.39 Å². The van der Waals surface area contributed by atoms with Crippen LogP contribution in [0, 0.1) is 5.82 Å². The van der Waals surface area contributed by atoms with Crippen molar-refractivity contribution >= 4 is 0 Å². The molecule has 0 aliphatic carbocycles. The molecule has 0 saturated heterocycles. The Hall–Kier alpha value is -1.81. The molecule has 1 atom stereocenters. The third-order valence-corrected chi connectivity index (χ3v) is 3.25. The van der Waals surface area contributed by atoms with Crippen molar-refractivity contribution in [3.05, 3.63) is 53.2 Å². The molecule has 1 heterocycles. The van der Waals surface area contributed by atoms with Crippen LogP contribution in [0.25, 0.3) is 0 Å². The molecule has 0 bridgehead atoms. The molecule has 4 heteroatoms. The minimum absolute atomic E-state index is 0.301. The molecule has 0 saturated carbocycles. The van der Waals surface area contributed by atoms with Crippen LogP contribution in [0.15, 0.2) is 34.7 Å². The SMILES string of the molecule is CCNC(c1ccc(CC)o1)c1c(F)cccc1OC. The second-order valence-electron chi connectivity index (χ2n) is 4.50. The molecule has 108 valence electrons. The van der Waals surface area contributed by atoms with E-state index < -0.39 is 0 Å². The van der Waals surface area contributed by atoms with Crippen molar-refractivity contribution in [2.24, 2.45) is 0 Å². The van der Waals surface area contributed by atoms with E-state index in [1.807, 2.05) is 26.0 Å². The maximum atomic E-state index is 14.2. The molecule has 1 N–H and O–H groups in total. The Labute approximate surface area is 118 Å². The number of methoxy groups -OCH3 is 1. The van der Waals surface area contributed by atoms with Crippen LogP contribution in [-0.2, 0) is 6.42 Å². The Morgan fingerprint density at radius 3 is 2.65 bits per heavy atom. The first kappa shape index (κ1) is 14.6. The van der Waals surface area contributed by atoms with Crippen LogP contribution >= 0.6 is 0 Å². The number of halogens is 1. The zero-order valence-corrected chi connectivity index (χ0v) is 12.1. The van der Waals surface area contributed by atoms with E-state index in [2.05, 4.69) is 5.32 Å². The van der Waals surface area contributed by atoms with Crippen LogP contribution in [0.1, 0.15) is 37.0 Å². The predicted molar refractivity (Wildman–Crippen MR) is 76.6 cm³/mol. The number of benzene rings is 1. The fourth-order valence-electron chi connectivity index (χ4n) is 2.26. The first-order valence-corrected chi connectivity index (χ1v) is 6.85. The average Bonchev–Trinajstić information content (AvgIpc) is 2.93.